The summed E-state index contributed by atoms with van der Waals surface area (Å²) in [6.07, 6.45) is 0.880. The topological polar surface area (TPSA) is 75.6 Å². The number of hydrogen-bond acceptors (Lipinski definition) is 3. The number of ether oxygens (including phenoxy) is 1. The quantitative estimate of drug-likeness (QED) is 0.865. The lowest BCUT2D eigenvalue weighted by atomic mass is 10.1. The number of carbonyl (C=O) groups is 2. The zero-order valence-corrected chi connectivity index (χ0v) is 12.1. The summed E-state index contributed by atoms with van der Waals surface area (Å²) in [5, 5.41) is 11.3. The van der Waals surface area contributed by atoms with Crippen molar-refractivity contribution in [1.82, 2.24) is 0 Å². The van der Waals surface area contributed by atoms with Gasteiger partial charge in [-0.15, -0.1) is 0 Å². The smallest absolute Gasteiger partial charge is 0.412 e. The van der Waals surface area contributed by atoms with E-state index in [9.17, 15) is 9.59 Å². The molecule has 0 heterocycles. The van der Waals surface area contributed by atoms with Gasteiger partial charge in [-0.05, 0) is 51.3 Å². The van der Waals surface area contributed by atoms with Crippen molar-refractivity contribution in [1.29, 1.82) is 0 Å². The molecule has 0 aliphatic heterocycles. The van der Waals surface area contributed by atoms with Crippen LogP contribution in [0.2, 0.25) is 0 Å². The van der Waals surface area contributed by atoms with E-state index in [2.05, 4.69) is 5.32 Å². The molecule has 1 aromatic carbocycles. The molecule has 0 aliphatic rings. The van der Waals surface area contributed by atoms with Crippen LogP contribution in [-0.2, 0) is 16.0 Å². The summed E-state index contributed by atoms with van der Waals surface area (Å²) < 4.78 is 5.17. The molecular weight excluding hydrogens is 258 g/mol. The Kier molecular flexibility index (Phi) is 5.55. The minimum absolute atomic E-state index is 0.143. The lowest BCUT2D eigenvalue weighted by Gasteiger charge is -2.19. The van der Waals surface area contributed by atoms with E-state index in [1.54, 1.807) is 26.8 Å². The number of anilines is 1. The molecule has 5 heteroatoms. The summed E-state index contributed by atoms with van der Waals surface area (Å²) in [4.78, 5) is 22.1. The van der Waals surface area contributed by atoms with Gasteiger partial charge in [-0.3, -0.25) is 10.1 Å². The number of carboxylic acids is 1. The number of hydrogen-bond donors (Lipinski definition) is 2. The van der Waals surface area contributed by atoms with Crippen LogP contribution in [-0.4, -0.2) is 22.8 Å². The maximum Gasteiger partial charge on any atom is 0.412 e. The zero-order chi connectivity index (χ0) is 15.2. The Morgan fingerprint density at radius 2 is 2.00 bits per heavy atom. The van der Waals surface area contributed by atoms with E-state index >= 15 is 0 Å². The first-order valence-corrected chi connectivity index (χ1v) is 6.57. The van der Waals surface area contributed by atoms with Crippen molar-refractivity contribution in [3.63, 3.8) is 0 Å². The molecule has 0 bridgehead atoms. The van der Waals surface area contributed by atoms with E-state index in [1.165, 1.54) is 0 Å². The van der Waals surface area contributed by atoms with Gasteiger partial charge in [-0.1, -0.05) is 12.1 Å². The Morgan fingerprint density at radius 3 is 2.60 bits per heavy atom. The molecule has 1 rings (SSSR count). The standard InChI is InChI=1S/C15H21NO4/c1-15(2,3)20-14(19)16-12-8-4-6-11(10-12)7-5-9-13(17)18/h4,6,8,10H,5,7,9H2,1-3H3,(H,16,19)(H,17,18). The Morgan fingerprint density at radius 1 is 1.30 bits per heavy atom. The molecule has 0 spiro atoms. The number of aryl methyl sites for hydroxylation is 1. The van der Waals surface area contributed by atoms with E-state index in [1.807, 2.05) is 18.2 Å². The van der Waals surface area contributed by atoms with Gasteiger partial charge in [0.2, 0.25) is 0 Å². The van der Waals surface area contributed by atoms with E-state index in [4.69, 9.17) is 9.84 Å². The number of amides is 1. The Labute approximate surface area is 118 Å². The molecule has 5 nitrogen and oxygen atoms in total. The van der Waals surface area contributed by atoms with Gasteiger partial charge in [0.15, 0.2) is 0 Å². The van der Waals surface area contributed by atoms with Crippen LogP contribution in [0.4, 0.5) is 10.5 Å². The average molecular weight is 279 g/mol. The highest BCUT2D eigenvalue weighted by Gasteiger charge is 2.16. The van der Waals surface area contributed by atoms with Crippen LogP contribution >= 0.6 is 0 Å². The van der Waals surface area contributed by atoms with Gasteiger partial charge in [0.25, 0.3) is 0 Å². The molecule has 110 valence electrons. The summed E-state index contributed by atoms with van der Waals surface area (Å²) >= 11 is 0. The Bertz CT molecular complexity index is 477. The van der Waals surface area contributed by atoms with Gasteiger partial charge in [0.05, 0.1) is 0 Å². The van der Waals surface area contributed by atoms with Crippen molar-refractivity contribution in [2.75, 3.05) is 5.32 Å². The number of carbonyl (C=O) groups excluding carboxylic acids is 1. The first kappa shape index (κ1) is 16.0. The van der Waals surface area contributed by atoms with Crippen molar-refractivity contribution in [3.05, 3.63) is 29.8 Å². The van der Waals surface area contributed by atoms with Gasteiger partial charge in [0, 0.05) is 12.1 Å². The summed E-state index contributed by atoms with van der Waals surface area (Å²) in [7, 11) is 0. The molecule has 2 N–H and O–H groups in total. The fourth-order valence-electron chi connectivity index (χ4n) is 1.67. The lowest BCUT2D eigenvalue weighted by molar-refractivity contribution is -0.137. The molecule has 0 saturated carbocycles. The van der Waals surface area contributed by atoms with Gasteiger partial charge < -0.3 is 9.84 Å². The van der Waals surface area contributed by atoms with E-state index < -0.39 is 17.7 Å². The second-order valence-electron chi connectivity index (χ2n) is 5.57. The van der Waals surface area contributed by atoms with E-state index in [-0.39, 0.29) is 6.42 Å². The minimum Gasteiger partial charge on any atom is -0.481 e. The molecule has 0 aliphatic carbocycles. The molecule has 0 saturated heterocycles. The van der Waals surface area contributed by atoms with Crippen LogP contribution in [0.5, 0.6) is 0 Å². The Hall–Kier alpha value is -2.04. The fourth-order valence-corrected chi connectivity index (χ4v) is 1.67. The molecule has 1 aromatic rings. The van der Waals surface area contributed by atoms with Gasteiger partial charge in [-0.2, -0.15) is 0 Å². The molecule has 20 heavy (non-hydrogen) atoms. The van der Waals surface area contributed by atoms with Gasteiger partial charge >= 0.3 is 12.1 Å². The van der Waals surface area contributed by atoms with E-state index in [0.717, 1.165) is 5.56 Å². The molecule has 0 unspecified atom stereocenters. The van der Waals surface area contributed by atoms with Crippen molar-refractivity contribution in [2.24, 2.45) is 0 Å². The number of rotatable bonds is 5. The summed E-state index contributed by atoms with van der Waals surface area (Å²) in [5.74, 6) is -0.798. The maximum absolute atomic E-state index is 11.6. The monoisotopic (exact) mass is 279 g/mol. The Balaban J connectivity index is 2.55. The zero-order valence-electron chi connectivity index (χ0n) is 12.1. The first-order valence-electron chi connectivity index (χ1n) is 6.57. The molecule has 0 radical (unpaired) electrons. The molecule has 0 fully saturated rings. The second-order valence-corrected chi connectivity index (χ2v) is 5.57. The maximum atomic E-state index is 11.6. The van der Waals surface area contributed by atoms with Crippen LogP contribution in [0.3, 0.4) is 0 Å². The highest BCUT2D eigenvalue weighted by Crippen LogP contribution is 2.15. The minimum atomic E-state index is -0.798. The van der Waals surface area contributed by atoms with Crippen LogP contribution in [0.15, 0.2) is 24.3 Å². The molecule has 0 atom stereocenters. The van der Waals surface area contributed by atoms with Crippen molar-refractivity contribution in [2.45, 2.75) is 45.6 Å². The highest BCUT2D eigenvalue weighted by molar-refractivity contribution is 5.84. The molecule has 1 amide bonds. The summed E-state index contributed by atoms with van der Waals surface area (Å²) in [6.45, 7) is 5.40. The van der Waals surface area contributed by atoms with Gasteiger partial charge in [-0.25, -0.2) is 4.79 Å². The van der Waals surface area contributed by atoms with Crippen molar-refractivity contribution >= 4 is 17.7 Å². The highest BCUT2D eigenvalue weighted by atomic mass is 16.6. The SMILES string of the molecule is CC(C)(C)OC(=O)Nc1cccc(CCCC(=O)O)c1. The first-order chi connectivity index (χ1) is 9.26. The third-order valence-corrected chi connectivity index (χ3v) is 2.43. The normalized spacial score (nSPS) is 10.9. The third-order valence-electron chi connectivity index (χ3n) is 2.43. The third kappa shape index (κ3) is 6.78. The van der Waals surface area contributed by atoms with Crippen molar-refractivity contribution in [3.8, 4) is 0 Å². The van der Waals surface area contributed by atoms with Crippen LogP contribution in [0.1, 0.15) is 39.2 Å². The number of carboxylic acid groups (broad SMARTS) is 1. The lowest BCUT2D eigenvalue weighted by Crippen LogP contribution is -2.27. The van der Waals surface area contributed by atoms with Gasteiger partial charge in [0.1, 0.15) is 5.60 Å². The predicted octanol–water partition coefficient (Wildman–Crippen LogP) is 3.44. The number of benzene rings is 1. The van der Waals surface area contributed by atoms with Crippen LogP contribution in [0, 0.1) is 0 Å². The summed E-state index contributed by atoms with van der Waals surface area (Å²) in [6, 6.07) is 7.32. The van der Waals surface area contributed by atoms with Crippen LogP contribution < -0.4 is 5.32 Å². The predicted molar refractivity (Wildman–Crippen MR) is 76.9 cm³/mol. The van der Waals surface area contributed by atoms with E-state index in [0.29, 0.717) is 18.5 Å². The molecule has 0 aromatic heterocycles. The largest absolute Gasteiger partial charge is 0.481 e. The second kappa shape index (κ2) is 6.93. The van der Waals surface area contributed by atoms with Crippen molar-refractivity contribution < 1.29 is 19.4 Å². The average Bonchev–Trinajstić information content (AvgIpc) is 2.26. The van der Waals surface area contributed by atoms with Crippen LogP contribution in [0.25, 0.3) is 0 Å². The fraction of sp³-hybridized carbons (Fsp3) is 0.467. The number of aliphatic carboxylic acids is 1. The number of nitrogens with one attached hydrogen (secondary N) is 1. The summed E-state index contributed by atoms with van der Waals surface area (Å²) in [5.41, 5.74) is 1.09. The molecular formula is C15H21NO4.